The Morgan fingerprint density at radius 3 is 2.62 bits per heavy atom. The molecule has 0 aliphatic rings. The Balaban J connectivity index is 1.47. The highest BCUT2D eigenvalue weighted by atomic mass is 32.1. The molecule has 8 heteroatoms. The fraction of sp³-hybridized carbons (Fsp3) is 0.143. The fourth-order valence-corrected chi connectivity index (χ4v) is 3.36. The Morgan fingerprint density at radius 1 is 1.17 bits per heavy atom. The Kier molecular flexibility index (Phi) is 5.62. The summed E-state index contributed by atoms with van der Waals surface area (Å²) in [5.41, 5.74) is 4.08. The van der Waals surface area contributed by atoms with E-state index in [4.69, 9.17) is 4.74 Å². The molecule has 0 bridgehead atoms. The maximum atomic E-state index is 12.8. The summed E-state index contributed by atoms with van der Waals surface area (Å²) in [5.74, 6) is 1.67. The Bertz CT molecular complexity index is 1060. The van der Waals surface area contributed by atoms with Gasteiger partial charge in [-0.2, -0.15) is 5.10 Å². The summed E-state index contributed by atoms with van der Waals surface area (Å²) in [5, 5.41) is 12.0. The van der Waals surface area contributed by atoms with E-state index in [0.717, 1.165) is 11.3 Å². The molecule has 2 N–H and O–H groups in total. The van der Waals surface area contributed by atoms with Crippen molar-refractivity contribution in [3.05, 3.63) is 94.0 Å². The van der Waals surface area contributed by atoms with E-state index in [9.17, 15) is 4.79 Å². The molecule has 4 rings (SSSR count). The largest absolute Gasteiger partial charge is 0.487 e. The first-order valence-electron chi connectivity index (χ1n) is 9.03. The van der Waals surface area contributed by atoms with Crippen molar-refractivity contribution in [1.29, 1.82) is 0 Å². The fourth-order valence-electron chi connectivity index (χ4n) is 2.81. The molecular weight excluding hydrogens is 386 g/mol. The van der Waals surface area contributed by atoms with E-state index in [0.29, 0.717) is 29.6 Å². The third-order valence-corrected chi connectivity index (χ3v) is 4.90. The molecule has 0 radical (unpaired) electrons. The summed E-state index contributed by atoms with van der Waals surface area (Å²) in [6.45, 7) is 2.22. The van der Waals surface area contributed by atoms with Crippen LogP contribution in [0.2, 0.25) is 0 Å². The van der Waals surface area contributed by atoms with Gasteiger partial charge in [-0.25, -0.2) is 9.97 Å². The molecule has 7 nitrogen and oxygen atoms in total. The molecular formula is C21H19N5O2S. The lowest BCUT2D eigenvalue weighted by Crippen LogP contribution is -2.30. The number of ether oxygens (including phenoxy) is 1. The summed E-state index contributed by atoms with van der Waals surface area (Å²) in [6.07, 6.45) is 0. The minimum absolute atomic E-state index is 0.215. The number of aromatic nitrogens is 4. The van der Waals surface area contributed by atoms with Crippen molar-refractivity contribution in [3.63, 3.8) is 0 Å². The van der Waals surface area contributed by atoms with E-state index in [1.54, 1.807) is 29.8 Å². The normalized spacial score (nSPS) is 11.8. The lowest BCUT2D eigenvalue weighted by Gasteiger charge is -2.16. The standard InChI is InChI=1S/C21H19N5O2S/c1-14-23-20(26-25-14)19(15-5-3-2-4-6-15)24-21(27)16-7-9-18(10-8-16)28-11-17-12-29-13-22-17/h2-10,12-13,19H,11H2,1H3,(H,24,27)(H,23,25,26). The van der Waals surface area contributed by atoms with Crippen molar-refractivity contribution in [1.82, 2.24) is 25.5 Å². The van der Waals surface area contributed by atoms with Crippen LogP contribution in [0.5, 0.6) is 5.75 Å². The van der Waals surface area contributed by atoms with Gasteiger partial charge >= 0.3 is 0 Å². The number of carbonyl (C=O) groups excluding carboxylic acids is 1. The molecule has 2 aromatic heterocycles. The highest BCUT2D eigenvalue weighted by molar-refractivity contribution is 7.07. The van der Waals surface area contributed by atoms with Crippen molar-refractivity contribution in [3.8, 4) is 5.75 Å². The first-order chi connectivity index (χ1) is 14.2. The number of rotatable bonds is 7. The van der Waals surface area contributed by atoms with Gasteiger partial charge in [0.1, 0.15) is 24.2 Å². The van der Waals surface area contributed by atoms with Crippen molar-refractivity contribution in [2.45, 2.75) is 19.6 Å². The maximum absolute atomic E-state index is 12.8. The number of hydrogen-bond acceptors (Lipinski definition) is 6. The lowest BCUT2D eigenvalue weighted by molar-refractivity contribution is 0.0941. The second-order valence-electron chi connectivity index (χ2n) is 6.39. The molecule has 0 saturated carbocycles. The second kappa shape index (κ2) is 8.66. The summed E-state index contributed by atoms with van der Waals surface area (Å²) in [4.78, 5) is 21.4. The van der Waals surface area contributed by atoms with Crippen LogP contribution in [0.25, 0.3) is 0 Å². The quantitative estimate of drug-likeness (QED) is 0.489. The van der Waals surface area contributed by atoms with E-state index in [1.807, 2.05) is 42.6 Å². The molecule has 2 heterocycles. The van der Waals surface area contributed by atoms with Gasteiger partial charge in [-0.15, -0.1) is 11.3 Å². The second-order valence-corrected chi connectivity index (χ2v) is 7.11. The highest BCUT2D eigenvalue weighted by Crippen LogP contribution is 2.20. The highest BCUT2D eigenvalue weighted by Gasteiger charge is 2.21. The number of amides is 1. The number of benzene rings is 2. The Labute approximate surface area is 171 Å². The van der Waals surface area contributed by atoms with Crippen LogP contribution in [0.4, 0.5) is 0 Å². The number of nitrogens with one attached hydrogen (secondary N) is 2. The van der Waals surface area contributed by atoms with E-state index in [2.05, 4.69) is 25.5 Å². The van der Waals surface area contributed by atoms with Crippen LogP contribution < -0.4 is 10.1 Å². The van der Waals surface area contributed by atoms with Crippen molar-refractivity contribution < 1.29 is 9.53 Å². The number of aryl methyl sites for hydroxylation is 1. The zero-order chi connectivity index (χ0) is 20.1. The zero-order valence-electron chi connectivity index (χ0n) is 15.7. The molecule has 0 aliphatic heterocycles. The predicted octanol–water partition coefficient (Wildman–Crippen LogP) is 3.67. The average Bonchev–Trinajstić information content (AvgIpc) is 3.43. The van der Waals surface area contributed by atoms with Crippen LogP contribution >= 0.6 is 11.3 Å². The van der Waals surface area contributed by atoms with Crippen LogP contribution in [-0.4, -0.2) is 26.1 Å². The van der Waals surface area contributed by atoms with E-state index >= 15 is 0 Å². The minimum atomic E-state index is -0.450. The topological polar surface area (TPSA) is 92.8 Å². The van der Waals surface area contributed by atoms with Gasteiger partial charge < -0.3 is 10.1 Å². The van der Waals surface area contributed by atoms with Gasteiger partial charge in [-0.05, 0) is 36.8 Å². The molecule has 1 amide bonds. The van der Waals surface area contributed by atoms with E-state index in [-0.39, 0.29) is 5.91 Å². The molecule has 2 aromatic carbocycles. The van der Waals surface area contributed by atoms with Gasteiger partial charge in [0.15, 0.2) is 5.82 Å². The van der Waals surface area contributed by atoms with Crippen LogP contribution in [-0.2, 0) is 6.61 Å². The number of aromatic amines is 1. The monoisotopic (exact) mass is 405 g/mol. The Hall–Kier alpha value is -3.52. The maximum Gasteiger partial charge on any atom is 0.252 e. The summed E-state index contributed by atoms with van der Waals surface area (Å²) < 4.78 is 5.70. The zero-order valence-corrected chi connectivity index (χ0v) is 16.5. The third-order valence-electron chi connectivity index (χ3n) is 4.27. The number of thiazole rings is 1. The summed E-state index contributed by atoms with van der Waals surface area (Å²) >= 11 is 1.53. The number of H-pyrrole nitrogens is 1. The van der Waals surface area contributed by atoms with Crippen LogP contribution in [0.15, 0.2) is 65.5 Å². The average molecular weight is 405 g/mol. The minimum Gasteiger partial charge on any atom is -0.487 e. The van der Waals surface area contributed by atoms with Gasteiger partial charge in [0.25, 0.3) is 5.91 Å². The van der Waals surface area contributed by atoms with Gasteiger partial charge in [-0.1, -0.05) is 30.3 Å². The van der Waals surface area contributed by atoms with Gasteiger partial charge in [0.2, 0.25) is 0 Å². The molecule has 0 saturated heterocycles. The van der Waals surface area contributed by atoms with Crippen LogP contribution in [0.1, 0.15) is 39.3 Å². The van der Waals surface area contributed by atoms with Crippen molar-refractivity contribution in [2.75, 3.05) is 0 Å². The number of hydrogen-bond donors (Lipinski definition) is 2. The molecule has 146 valence electrons. The SMILES string of the molecule is Cc1nc(C(NC(=O)c2ccc(OCc3cscn3)cc2)c2ccccc2)n[nH]1. The van der Waals surface area contributed by atoms with E-state index < -0.39 is 6.04 Å². The predicted molar refractivity (Wildman–Crippen MR) is 110 cm³/mol. The smallest absolute Gasteiger partial charge is 0.252 e. The number of carbonyl (C=O) groups is 1. The first kappa shape index (κ1) is 18.8. The van der Waals surface area contributed by atoms with Crippen LogP contribution in [0, 0.1) is 6.92 Å². The van der Waals surface area contributed by atoms with Crippen LogP contribution in [0.3, 0.4) is 0 Å². The molecule has 0 aliphatic carbocycles. The molecule has 0 fully saturated rings. The summed E-state index contributed by atoms with van der Waals surface area (Å²) in [7, 11) is 0. The number of nitrogens with zero attached hydrogens (tertiary/aromatic N) is 3. The summed E-state index contributed by atoms with van der Waals surface area (Å²) in [6, 6.07) is 16.2. The molecule has 1 atom stereocenters. The molecule has 29 heavy (non-hydrogen) atoms. The molecule has 1 unspecified atom stereocenters. The lowest BCUT2D eigenvalue weighted by atomic mass is 10.1. The van der Waals surface area contributed by atoms with Gasteiger partial charge in [-0.3, -0.25) is 9.89 Å². The van der Waals surface area contributed by atoms with Gasteiger partial charge in [0.05, 0.1) is 11.2 Å². The van der Waals surface area contributed by atoms with E-state index in [1.165, 1.54) is 11.3 Å². The Morgan fingerprint density at radius 2 is 1.97 bits per heavy atom. The molecule has 0 spiro atoms. The first-order valence-corrected chi connectivity index (χ1v) is 9.98. The van der Waals surface area contributed by atoms with Crippen molar-refractivity contribution >= 4 is 17.2 Å². The molecule has 4 aromatic rings. The van der Waals surface area contributed by atoms with Crippen molar-refractivity contribution in [2.24, 2.45) is 0 Å². The third kappa shape index (κ3) is 4.67. The van der Waals surface area contributed by atoms with Gasteiger partial charge in [0, 0.05) is 10.9 Å².